The molecule has 3 atom stereocenters. The van der Waals surface area contributed by atoms with Gasteiger partial charge in [0.1, 0.15) is 0 Å². The van der Waals surface area contributed by atoms with Crippen molar-refractivity contribution in [3.8, 4) is 0 Å². The molecule has 4 saturated carbocycles. The summed E-state index contributed by atoms with van der Waals surface area (Å²) in [7, 11) is 0. The molecule has 1 aromatic carbocycles. The molecule has 0 spiro atoms. The van der Waals surface area contributed by atoms with Gasteiger partial charge in [-0.1, -0.05) is 56.4 Å². The minimum absolute atomic E-state index is 0.125. The molecular formula is C25H35ClN2S. The Bertz CT molecular complexity index is 775. The van der Waals surface area contributed by atoms with Gasteiger partial charge >= 0.3 is 0 Å². The summed E-state index contributed by atoms with van der Waals surface area (Å²) in [6.45, 7) is 6.64. The number of likely N-dealkylation sites (tertiary alicyclic amines) is 1. The first kappa shape index (κ1) is 20.3. The molecule has 1 heterocycles. The van der Waals surface area contributed by atoms with E-state index in [1.807, 2.05) is 0 Å². The van der Waals surface area contributed by atoms with Crippen LogP contribution in [0.1, 0.15) is 57.9 Å². The molecule has 2 nitrogen and oxygen atoms in total. The minimum Gasteiger partial charge on any atom is -0.365 e. The smallest absolute Gasteiger partial charge is 0.0842 e. The van der Waals surface area contributed by atoms with E-state index in [9.17, 15) is 0 Å². The molecule has 1 aromatic rings. The van der Waals surface area contributed by atoms with E-state index in [1.165, 1.54) is 42.7 Å². The van der Waals surface area contributed by atoms with Gasteiger partial charge < -0.3 is 10.6 Å². The molecule has 29 heavy (non-hydrogen) atoms. The largest absolute Gasteiger partial charge is 0.365 e. The first-order chi connectivity index (χ1) is 13.8. The zero-order chi connectivity index (χ0) is 20.4. The topological polar surface area (TPSA) is 29.3 Å². The van der Waals surface area contributed by atoms with Gasteiger partial charge in [0.15, 0.2) is 0 Å². The summed E-state index contributed by atoms with van der Waals surface area (Å²) >= 11 is 12.8. The van der Waals surface area contributed by atoms with Crippen LogP contribution in [-0.2, 0) is 5.41 Å². The lowest BCUT2D eigenvalue weighted by Gasteiger charge is -2.66. The molecule has 6 rings (SSSR count). The van der Waals surface area contributed by atoms with Gasteiger partial charge in [0.25, 0.3) is 0 Å². The Balaban J connectivity index is 1.49. The van der Waals surface area contributed by atoms with Crippen molar-refractivity contribution in [2.24, 2.45) is 34.3 Å². The van der Waals surface area contributed by atoms with Gasteiger partial charge in [-0.2, -0.15) is 0 Å². The van der Waals surface area contributed by atoms with Crippen molar-refractivity contribution >= 4 is 28.8 Å². The van der Waals surface area contributed by atoms with Crippen molar-refractivity contribution in [3.63, 3.8) is 0 Å². The van der Waals surface area contributed by atoms with Crippen molar-refractivity contribution in [1.29, 1.82) is 0 Å². The molecule has 0 radical (unpaired) electrons. The summed E-state index contributed by atoms with van der Waals surface area (Å²) in [5.74, 6) is 2.92. The van der Waals surface area contributed by atoms with Crippen LogP contribution >= 0.6 is 23.8 Å². The second-order valence-corrected chi connectivity index (χ2v) is 12.1. The van der Waals surface area contributed by atoms with Crippen LogP contribution in [0.5, 0.6) is 0 Å². The molecule has 1 aliphatic heterocycles. The molecule has 4 bridgehead atoms. The number of benzene rings is 1. The van der Waals surface area contributed by atoms with Crippen molar-refractivity contribution in [2.45, 2.75) is 63.8 Å². The average molecular weight is 431 g/mol. The third-order valence-corrected chi connectivity index (χ3v) is 10.2. The Hall–Kier alpha value is -0.640. The number of nitrogens with zero attached hydrogens (tertiary/aromatic N) is 1. The third kappa shape index (κ3) is 3.10. The maximum absolute atomic E-state index is 6.51. The highest BCUT2D eigenvalue weighted by molar-refractivity contribution is 7.80. The van der Waals surface area contributed by atoms with Crippen LogP contribution in [0.15, 0.2) is 30.3 Å². The van der Waals surface area contributed by atoms with Gasteiger partial charge in [-0.15, -0.1) is 11.6 Å². The highest BCUT2D eigenvalue weighted by Gasteiger charge is 2.63. The van der Waals surface area contributed by atoms with Crippen molar-refractivity contribution in [1.82, 2.24) is 4.90 Å². The highest BCUT2D eigenvalue weighted by atomic mass is 35.5. The molecule has 5 fully saturated rings. The lowest BCUT2D eigenvalue weighted by molar-refractivity contribution is -0.0773. The Morgan fingerprint density at radius 2 is 1.79 bits per heavy atom. The summed E-state index contributed by atoms with van der Waals surface area (Å²) in [4.78, 5) is 3.79. The number of nitrogens with two attached hydrogens (primary N) is 1. The molecule has 2 unspecified atom stereocenters. The molecule has 4 heteroatoms. The fourth-order valence-corrected chi connectivity index (χ4v) is 8.66. The van der Waals surface area contributed by atoms with E-state index in [1.54, 1.807) is 0 Å². The Morgan fingerprint density at radius 1 is 1.14 bits per heavy atom. The maximum atomic E-state index is 6.51. The van der Waals surface area contributed by atoms with E-state index in [0.29, 0.717) is 23.2 Å². The number of halogens is 1. The molecular weight excluding hydrogens is 396 g/mol. The van der Waals surface area contributed by atoms with E-state index in [-0.39, 0.29) is 16.9 Å². The molecule has 4 aliphatic carbocycles. The Morgan fingerprint density at radius 3 is 2.38 bits per heavy atom. The van der Waals surface area contributed by atoms with Crippen LogP contribution in [0.4, 0.5) is 0 Å². The van der Waals surface area contributed by atoms with Crippen LogP contribution in [-0.4, -0.2) is 34.9 Å². The van der Waals surface area contributed by atoms with Crippen LogP contribution in [0.2, 0.25) is 0 Å². The summed E-state index contributed by atoms with van der Waals surface area (Å²) in [5, 5.41) is 0. The number of alkyl halides is 1. The van der Waals surface area contributed by atoms with E-state index in [0.717, 1.165) is 25.4 Å². The average Bonchev–Trinajstić information content (AvgIpc) is 2.70. The predicted molar refractivity (Wildman–Crippen MR) is 125 cm³/mol. The predicted octanol–water partition coefficient (Wildman–Crippen LogP) is 5.38. The van der Waals surface area contributed by atoms with Crippen molar-refractivity contribution < 1.29 is 0 Å². The first-order valence-electron chi connectivity index (χ1n) is 11.5. The molecule has 1 saturated heterocycles. The second kappa shape index (κ2) is 6.93. The van der Waals surface area contributed by atoms with Gasteiger partial charge in [-0.25, -0.2) is 0 Å². The number of hydrogen-bond donors (Lipinski definition) is 1. The van der Waals surface area contributed by atoms with Gasteiger partial charge in [0, 0.05) is 30.4 Å². The van der Waals surface area contributed by atoms with Crippen LogP contribution in [0.3, 0.4) is 0 Å². The molecule has 0 aromatic heterocycles. The normalized spacial score (nSPS) is 42.8. The van der Waals surface area contributed by atoms with Gasteiger partial charge in [0.05, 0.1) is 4.99 Å². The number of rotatable bonds is 3. The molecule has 5 aliphatic rings. The second-order valence-electron chi connectivity index (χ2n) is 11.4. The standard InChI is InChI=1S/C25H35ClN2S/c1-23(2)16-28(9-8-21(23)27)22(29)25-12-17-10-24(15-25,19-6-4-3-5-7-19)11-18(13-25)20(17)14-26/h3-7,17-18,20-21H,8-16,27H2,1-2H3/t17?,18?,20?,21-,24?,25?/m0/s1. The van der Waals surface area contributed by atoms with E-state index in [2.05, 4.69) is 49.1 Å². The quantitative estimate of drug-likeness (QED) is 0.515. The van der Waals surface area contributed by atoms with Crippen LogP contribution < -0.4 is 5.73 Å². The molecule has 2 N–H and O–H groups in total. The Kier molecular flexibility index (Phi) is 4.85. The number of hydrogen-bond acceptors (Lipinski definition) is 2. The molecule has 0 amide bonds. The summed E-state index contributed by atoms with van der Waals surface area (Å²) in [5.41, 5.74) is 8.56. The highest BCUT2D eigenvalue weighted by Crippen LogP contribution is 2.68. The van der Waals surface area contributed by atoms with Gasteiger partial charge in [-0.05, 0) is 72.7 Å². The van der Waals surface area contributed by atoms with Crippen molar-refractivity contribution in [3.05, 3.63) is 35.9 Å². The fraction of sp³-hybridized carbons (Fsp3) is 0.720. The van der Waals surface area contributed by atoms with Crippen LogP contribution in [0.25, 0.3) is 0 Å². The monoisotopic (exact) mass is 430 g/mol. The maximum Gasteiger partial charge on any atom is 0.0842 e. The van der Waals surface area contributed by atoms with E-state index >= 15 is 0 Å². The zero-order valence-corrected chi connectivity index (χ0v) is 19.4. The fourth-order valence-electron chi connectivity index (χ4n) is 7.76. The van der Waals surface area contributed by atoms with E-state index in [4.69, 9.17) is 29.6 Å². The van der Waals surface area contributed by atoms with Gasteiger partial charge in [-0.3, -0.25) is 0 Å². The SMILES string of the molecule is CC1(C)CN(C(=S)C23CC4CC(c5ccccc5)(CC(C2)C4CCl)C3)CC[C@@H]1N. The lowest BCUT2D eigenvalue weighted by Crippen LogP contribution is -2.64. The van der Waals surface area contributed by atoms with Gasteiger partial charge in [0.2, 0.25) is 0 Å². The lowest BCUT2D eigenvalue weighted by atomic mass is 9.40. The molecule has 158 valence electrons. The minimum atomic E-state index is 0.125. The number of thiocarbonyl (C=S) groups is 1. The van der Waals surface area contributed by atoms with Crippen LogP contribution in [0, 0.1) is 28.6 Å². The summed E-state index contributed by atoms with van der Waals surface area (Å²) in [6, 6.07) is 11.6. The number of piperidine rings is 1. The van der Waals surface area contributed by atoms with E-state index < -0.39 is 0 Å². The zero-order valence-electron chi connectivity index (χ0n) is 17.9. The first-order valence-corrected chi connectivity index (χ1v) is 12.4. The third-order valence-electron chi connectivity index (χ3n) is 9.12. The Labute approximate surface area is 186 Å². The summed E-state index contributed by atoms with van der Waals surface area (Å²) < 4.78 is 0. The summed E-state index contributed by atoms with van der Waals surface area (Å²) in [6.07, 6.45) is 7.36. The van der Waals surface area contributed by atoms with Crippen molar-refractivity contribution in [2.75, 3.05) is 19.0 Å².